The number of fused-ring (bicyclic) bond motifs is 1. The molecular formula is C19H18F3N5O3. The van der Waals surface area contributed by atoms with Gasteiger partial charge in [0.15, 0.2) is 5.65 Å². The van der Waals surface area contributed by atoms with Crippen LogP contribution in [0, 0.1) is 6.92 Å². The standard InChI is InChI=1S/C19H18F3N5O3/c1-3-26-7-12(30-18(26)29)8-27-9-14-17(25-27)24-13(6-23-14)16-10(2)4-11(5-15(16)28)19(20,21)22/h4-6,9,12,28H,3,7-8H2,1-2H3. The average molecular weight is 421 g/mol. The summed E-state index contributed by atoms with van der Waals surface area (Å²) in [4.78, 5) is 21.9. The lowest BCUT2D eigenvalue weighted by Gasteiger charge is -2.12. The van der Waals surface area contributed by atoms with Crippen molar-refractivity contribution >= 4 is 17.3 Å². The third kappa shape index (κ3) is 3.62. The van der Waals surface area contributed by atoms with Crippen LogP contribution >= 0.6 is 0 Å². The highest BCUT2D eigenvalue weighted by atomic mass is 19.4. The van der Waals surface area contributed by atoms with Crippen LogP contribution < -0.4 is 0 Å². The number of hydrogen-bond donors (Lipinski definition) is 1. The molecule has 0 spiro atoms. The summed E-state index contributed by atoms with van der Waals surface area (Å²) in [7, 11) is 0. The molecular weight excluding hydrogens is 403 g/mol. The minimum atomic E-state index is -4.56. The Balaban J connectivity index is 1.63. The Hall–Kier alpha value is -3.37. The Kier molecular flexibility index (Phi) is 4.75. The Labute approximate surface area is 168 Å². The summed E-state index contributed by atoms with van der Waals surface area (Å²) < 4.78 is 45.7. The van der Waals surface area contributed by atoms with Gasteiger partial charge in [0.05, 0.1) is 36.7 Å². The van der Waals surface area contributed by atoms with Crippen molar-refractivity contribution in [1.82, 2.24) is 24.6 Å². The first-order valence-corrected chi connectivity index (χ1v) is 9.22. The molecule has 158 valence electrons. The molecule has 8 nitrogen and oxygen atoms in total. The maximum atomic E-state index is 12.9. The van der Waals surface area contributed by atoms with E-state index in [1.165, 1.54) is 13.1 Å². The number of phenolic OH excluding ortho intramolecular Hbond substituents is 1. The van der Waals surface area contributed by atoms with Gasteiger partial charge in [-0.2, -0.15) is 18.3 Å². The molecule has 1 atom stereocenters. The first kappa shape index (κ1) is 19.9. The summed E-state index contributed by atoms with van der Waals surface area (Å²) >= 11 is 0. The molecule has 30 heavy (non-hydrogen) atoms. The van der Waals surface area contributed by atoms with E-state index in [1.807, 2.05) is 6.92 Å². The summed E-state index contributed by atoms with van der Waals surface area (Å²) in [6, 6.07) is 1.62. The number of ether oxygens (including phenoxy) is 1. The molecule has 1 unspecified atom stereocenters. The Morgan fingerprint density at radius 1 is 1.33 bits per heavy atom. The summed E-state index contributed by atoms with van der Waals surface area (Å²) in [6.45, 7) is 4.65. The van der Waals surface area contributed by atoms with Crippen molar-refractivity contribution in [2.24, 2.45) is 0 Å². The second-order valence-corrected chi connectivity index (χ2v) is 7.04. The predicted molar refractivity (Wildman–Crippen MR) is 99.7 cm³/mol. The molecule has 1 aliphatic heterocycles. The lowest BCUT2D eigenvalue weighted by Crippen LogP contribution is -2.25. The molecule has 4 rings (SSSR count). The number of aromatic nitrogens is 4. The lowest BCUT2D eigenvalue weighted by atomic mass is 10.0. The molecule has 3 heterocycles. The van der Waals surface area contributed by atoms with Crippen molar-refractivity contribution in [3.8, 4) is 17.0 Å². The van der Waals surface area contributed by atoms with E-state index in [0.717, 1.165) is 6.07 Å². The molecule has 0 radical (unpaired) electrons. The largest absolute Gasteiger partial charge is 0.507 e. The molecule has 1 aliphatic rings. The minimum absolute atomic E-state index is 0.162. The van der Waals surface area contributed by atoms with Gasteiger partial charge in [0, 0.05) is 12.1 Å². The van der Waals surface area contributed by atoms with E-state index in [-0.39, 0.29) is 34.7 Å². The van der Waals surface area contributed by atoms with E-state index in [2.05, 4.69) is 15.1 Å². The van der Waals surface area contributed by atoms with E-state index >= 15 is 0 Å². The Morgan fingerprint density at radius 2 is 2.10 bits per heavy atom. The van der Waals surface area contributed by atoms with Crippen molar-refractivity contribution in [2.45, 2.75) is 32.7 Å². The van der Waals surface area contributed by atoms with E-state index < -0.39 is 17.5 Å². The van der Waals surface area contributed by atoms with Crippen molar-refractivity contribution in [3.63, 3.8) is 0 Å². The average Bonchev–Trinajstić information content (AvgIpc) is 3.22. The van der Waals surface area contributed by atoms with Gasteiger partial charge in [-0.05, 0) is 31.5 Å². The predicted octanol–water partition coefficient (Wildman–Crippen LogP) is 3.37. The fourth-order valence-electron chi connectivity index (χ4n) is 3.46. The summed E-state index contributed by atoms with van der Waals surface area (Å²) in [5.41, 5.74) is 0.387. The van der Waals surface area contributed by atoms with Crippen LogP contribution in [0.2, 0.25) is 0 Å². The number of likely N-dealkylation sites (N-methyl/N-ethyl adjacent to an activating group) is 1. The normalized spacial score (nSPS) is 17.0. The van der Waals surface area contributed by atoms with Crippen molar-refractivity contribution in [1.29, 1.82) is 0 Å². The molecule has 3 aromatic rings. The monoisotopic (exact) mass is 421 g/mol. The fourth-order valence-corrected chi connectivity index (χ4v) is 3.46. The van der Waals surface area contributed by atoms with E-state index in [0.29, 0.717) is 31.2 Å². The van der Waals surface area contributed by atoms with Gasteiger partial charge in [-0.25, -0.2) is 14.8 Å². The van der Waals surface area contributed by atoms with Crippen LogP contribution in [-0.2, 0) is 17.5 Å². The number of amides is 1. The summed E-state index contributed by atoms with van der Waals surface area (Å²) in [6.07, 6.45) is -2.27. The van der Waals surface area contributed by atoms with Crippen molar-refractivity contribution < 1.29 is 27.8 Å². The van der Waals surface area contributed by atoms with E-state index in [1.54, 1.807) is 15.8 Å². The maximum absolute atomic E-state index is 12.9. The van der Waals surface area contributed by atoms with Gasteiger partial charge < -0.3 is 14.7 Å². The molecule has 1 aromatic carbocycles. The molecule has 2 aromatic heterocycles. The highest BCUT2D eigenvalue weighted by molar-refractivity contribution is 5.77. The zero-order valence-electron chi connectivity index (χ0n) is 16.1. The van der Waals surface area contributed by atoms with Crippen LogP contribution in [0.25, 0.3) is 22.4 Å². The second kappa shape index (κ2) is 7.15. The first-order chi connectivity index (χ1) is 14.2. The van der Waals surface area contributed by atoms with E-state index in [4.69, 9.17) is 4.74 Å². The van der Waals surface area contributed by atoms with Gasteiger partial charge in [-0.3, -0.25) is 4.68 Å². The molecule has 1 amide bonds. The number of cyclic esters (lactones) is 1. The maximum Gasteiger partial charge on any atom is 0.416 e. The van der Waals surface area contributed by atoms with Crippen LogP contribution in [0.4, 0.5) is 18.0 Å². The number of phenols is 1. The van der Waals surface area contributed by atoms with Crippen LogP contribution in [-0.4, -0.2) is 55.0 Å². The number of hydrogen-bond acceptors (Lipinski definition) is 6. The highest BCUT2D eigenvalue weighted by Gasteiger charge is 2.32. The number of rotatable bonds is 4. The van der Waals surface area contributed by atoms with Gasteiger partial charge in [0.2, 0.25) is 0 Å². The topological polar surface area (TPSA) is 93.4 Å². The lowest BCUT2D eigenvalue weighted by molar-refractivity contribution is -0.137. The Morgan fingerprint density at radius 3 is 2.73 bits per heavy atom. The SMILES string of the molecule is CCN1CC(Cn2cc3ncc(-c4c(C)cc(C(F)(F)F)cc4O)nc3n2)OC1=O. The van der Waals surface area contributed by atoms with Gasteiger partial charge in [0.25, 0.3) is 0 Å². The first-order valence-electron chi connectivity index (χ1n) is 9.22. The second-order valence-electron chi connectivity index (χ2n) is 7.04. The summed E-state index contributed by atoms with van der Waals surface area (Å²) in [5.74, 6) is -0.534. The van der Waals surface area contributed by atoms with Crippen LogP contribution in [0.5, 0.6) is 5.75 Å². The number of carbonyl (C=O) groups excluding carboxylic acids is 1. The molecule has 0 aliphatic carbocycles. The molecule has 1 saturated heterocycles. The third-order valence-electron chi connectivity index (χ3n) is 4.90. The van der Waals surface area contributed by atoms with Gasteiger partial charge in [-0.15, -0.1) is 0 Å². The van der Waals surface area contributed by atoms with Gasteiger partial charge >= 0.3 is 12.3 Å². The third-order valence-corrected chi connectivity index (χ3v) is 4.90. The highest BCUT2D eigenvalue weighted by Crippen LogP contribution is 2.38. The quantitative estimate of drug-likeness (QED) is 0.694. The smallest absolute Gasteiger partial charge is 0.416 e. The number of alkyl halides is 3. The van der Waals surface area contributed by atoms with Crippen molar-refractivity contribution in [3.05, 3.63) is 35.7 Å². The van der Waals surface area contributed by atoms with Crippen molar-refractivity contribution in [2.75, 3.05) is 13.1 Å². The minimum Gasteiger partial charge on any atom is -0.507 e. The zero-order valence-corrected chi connectivity index (χ0v) is 16.1. The van der Waals surface area contributed by atoms with Gasteiger partial charge in [0.1, 0.15) is 17.4 Å². The number of aromatic hydroxyl groups is 1. The number of halogens is 3. The van der Waals surface area contributed by atoms with Crippen LogP contribution in [0.15, 0.2) is 24.5 Å². The molecule has 11 heteroatoms. The van der Waals surface area contributed by atoms with Gasteiger partial charge in [-0.1, -0.05) is 0 Å². The molecule has 1 fully saturated rings. The number of carbonyl (C=O) groups is 1. The Bertz CT molecular complexity index is 1110. The number of nitrogens with zero attached hydrogens (tertiary/aromatic N) is 5. The zero-order chi connectivity index (χ0) is 21.6. The fraction of sp³-hybridized carbons (Fsp3) is 0.368. The van der Waals surface area contributed by atoms with Crippen LogP contribution in [0.1, 0.15) is 18.1 Å². The van der Waals surface area contributed by atoms with E-state index in [9.17, 15) is 23.1 Å². The molecule has 0 saturated carbocycles. The summed E-state index contributed by atoms with van der Waals surface area (Å²) in [5, 5.41) is 14.5. The molecule has 1 N–H and O–H groups in total. The molecule has 0 bridgehead atoms. The van der Waals surface area contributed by atoms with Crippen LogP contribution in [0.3, 0.4) is 0 Å². The number of aryl methyl sites for hydroxylation is 1. The number of benzene rings is 1.